The van der Waals surface area contributed by atoms with Gasteiger partial charge in [-0.25, -0.2) is 0 Å². The lowest BCUT2D eigenvalue weighted by Crippen LogP contribution is -2.17. The SMILES string of the molecule is CCCCOc1ccc(/C=C/C(=O)Nc2sc3c(c2C(N)=O)CCCC3)cc1OCC. The van der Waals surface area contributed by atoms with Crippen LogP contribution in [0.25, 0.3) is 6.08 Å². The first-order chi connectivity index (χ1) is 15.0. The number of rotatable bonds is 10. The van der Waals surface area contributed by atoms with Gasteiger partial charge in [-0.3, -0.25) is 9.59 Å². The van der Waals surface area contributed by atoms with Crippen molar-refractivity contribution in [2.45, 2.75) is 52.4 Å². The summed E-state index contributed by atoms with van der Waals surface area (Å²) in [5, 5.41) is 3.39. The van der Waals surface area contributed by atoms with Gasteiger partial charge in [0.25, 0.3) is 5.91 Å². The second-order valence-electron chi connectivity index (χ2n) is 7.44. The van der Waals surface area contributed by atoms with E-state index in [1.54, 1.807) is 6.08 Å². The summed E-state index contributed by atoms with van der Waals surface area (Å²) in [4.78, 5) is 25.7. The molecule has 1 aliphatic carbocycles. The number of ether oxygens (including phenoxy) is 2. The zero-order chi connectivity index (χ0) is 22.2. The van der Waals surface area contributed by atoms with Crippen LogP contribution in [0.15, 0.2) is 24.3 Å². The number of carbonyl (C=O) groups is 2. The van der Waals surface area contributed by atoms with Gasteiger partial charge < -0.3 is 20.5 Å². The van der Waals surface area contributed by atoms with Gasteiger partial charge >= 0.3 is 0 Å². The molecule has 0 saturated heterocycles. The summed E-state index contributed by atoms with van der Waals surface area (Å²) in [6.07, 6.45) is 9.10. The van der Waals surface area contributed by atoms with Crippen molar-refractivity contribution >= 4 is 34.2 Å². The minimum absolute atomic E-state index is 0.303. The standard InChI is InChI=1S/C24H30N2O4S/c1-3-5-14-30-18-12-10-16(15-19(18)29-4-2)11-13-21(27)26-24-22(23(25)28)17-8-6-7-9-20(17)31-24/h10-13,15H,3-9,14H2,1-2H3,(H2,25,28)(H,26,27)/b13-11+. The highest BCUT2D eigenvalue weighted by Crippen LogP contribution is 2.38. The molecular formula is C24H30N2O4S. The number of unbranched alkanes of at least 4 members (excludes halogenated alkanes) is 1. The van der Waals surface area contributed by atoms with Crippen molar-refractivity contribution in [3.8, 4) is 11.5 Å². The van der Waals surface area contributed by atoms with E-state index in [-0.39, 0.29) is 5.91 Å². The van der Waals surface area contributed by atoms with Crippen molar-refractivity contribution in [3.63, 3.8) is 0 Å². The monoisotopic (exact) mass is 442 g/mol. The molecule has 7 heteroatoms. The zero-order valence-corrected chi connectivity index (χ0v) is 19.0. The summed E-state index contributed by atoms with van der Waals surface area (Å²) in [6, 6.07) is 5.59. The smallest absolute Gasteiger partial charge is 0.251 e. The number of primary amides is 1. The fourth-order valence-electron chi connectivity index (χ4n) is 3.58. The first-order valence-electron chi connectivity index (χ1n) is 10.9. The van der Waals surface area contributed by atoms with Crippen LogP contribution in [-0.4, -0.2) is 25.0 Å². The molecule has 1 aliphatic rings. The molecule has 0 atom stereocenters. The van der Waals surface area contributed by atoms with Crippen molar-refractivity contribution in [2.24, 2.45) is 5.73 Å². The highest BCUT2D eigenvalue weighted by Gasteiger charge is 2.24. The molecule has 0 spiro atoms. The summed E-state index contributed by atoms with van der Waals surface area (Å²) < 4.78 is 11.5. The third-order valence-electron chi connectivity index (χ3n) is 5.10. The third kappa shape index (κ3) is 5.88. The predicted octanol–water partition coefficient (Wildman–Crippen LogP) is 4.96. The number of benzene rings is 1. The molecule has 0 aliphatic heterocycles. The average molecular weight is 443 g/mol. The number of fused-ring (bicyclic) bond motifs is 1. The van der Waals surface area contributed by atoms with Crippen LogP contribution in [0.5, 0.6) is 11.5 Å². The number of aryl methyl sites for hydroxylation is 1. The van der Waals surface area contributed by atoms with Crippen molar-refractivity contribution < 1.29 is 19.1 Å². The molecule has 3 rings (SSSR count). The maximum atomic E-state index is 12.5. The lowest BCUT2D eigenvalue weighted by atomic mass is 9.95. The van der Waals surface area contributed by atoms with Gasteiger partial charge in [-0.2, -0.15) is 0 Å². The topological polar surface area (TPSA) is 90.6 Å². The fourth-order valence-corrected chi connectivity index (χ4v) is 4.88. The van der Waals surface area contributed by atoms with Crippen LogP contribution >= 0.6 is 11.3 Å². The Morgan fingerprint density at radius 3 is 2.71 bits per heavy atom. The third-order valence-corrected chi connectivity index (χ3v) is 6.31. The Morgan fingerprint density at radius 2 is 1.97 bits per heavy atom. The molecule has 3 N–H and O–H groups in total. The Morgan fingerprint density at radius 1 is 1.16 bits per heavy atom. The van der Waals surface area contributed by atoms with Crippen LogP contribution in [0.1, 0.15) is 65.9 Å². The van der Waals surface area contributed by atoms with E-state index in [0.29, 0.717) is 35.3 Å². The van der Waals surface area contributed by atoms with Gasteiger partial charge in [0.15, 0.2) is 11.5 Å². The Hall–Kier alpha value is -2.80. The van der Waals surface area contributed by atoms with Crippen LogP contribution in [0.3, 0.4) is 0 Å². The highest BCUT2D eigenvalue weighted by molar-refractivity contribution is 7.17. The molecule has 31 heavy (non-hydrogen) atoms. The number of nitrogens with two attached hydrogens (primary N) is 1. The second-order valence-corrected chi connectivity index (χ2v) is 8.55. The van der Waals surface area contributed by atoms with E-state index in [9.17, 15) is 9.59 Å². The molecule has 166 valence electrons. The first kappa shape index (κ1) is 22.9. The molecular weight excluding hydrogens is 412 g/mol. The van der Waals surface area contributed by atoms with Gasteiger partial charge in [0, 0.05) is 11.0 Å². The molecule has 2 aromatic rings. The fraction of sp³-hybridized carbons (Fsp3) is 0.417. The first-order valence-corrected chi connectivity index (χ1v) is 11.7. The van der Waals surface area contributed by atoms with E-state index < -0.39 is 5.91 Å². The minimum atomic E-state index is -0.487. The predicted molar refractivity (Wildman–Crippen MR) is 125 cm³/mol. The van der Waals surface area contributed by atoms with Crippen molar-refractivity contribution in [2.75, 3.05) is 18.5 Å². The van der Waals surface area contributed by atoms with E-state index in [4.69, 9.17) is 15.2 Å². The second kappa shape index (κ2) is 11.0. The van der Waals surface area contributed by atoms with Crippen molar-refractivity contribution in [3.05, 3.63) is 45.8 Å². The number of carbonyl (C=O) groups excluding carboxylic acids is 2. The highest BCUT2D eigenvalue weighted by atomic mass is 32.1. The van der Waals surface area contributed by atoms with Gasteiger partial charge in [-0.15, -0.1) is 11.3 Å². The number of anilines is 1. The quantitative estimate of drug-likeness (QED) is 0.402. The summed E-state index contributed by atoms with van der Waals surface area (Å²) in [6.45, 7) is 5.20. The Balaban J connectivity index is 1.72. The van der Waals surface area contributed by atoms with E-state index >= 15 is 0 Å². The molecule has 6 nitrogen and oxygen atoms in total. The molecule has 0 fully saturated rings. The lowest BCUT2D eigenvalue weighted by molar-refractivity contribution is -0.111. The van der Waals surface area contributed by atoms with Crippen LogP contribution in [-0.2, 0) is 17.6 Å². The number of hydrogen-bond acceptors (Lipinski definition) is 5. The Kier molecular flexibility index (Phi) is 8.12. The van der Waals surface area contributed by atoms with Gasteiger partial charge in [-0.1, -0.05) is 19.4 Å². The molecule has 2 amide bonds. The Bertz CT molecular complexity index is 965. The number of amides is 2. The molecule has 1 aromatic carbocycles. The molecule has 0 saturated carbocycles. The van der Waals surface area contributed by atoms with Crippen molar-refractivity contribution in [1.29, 1.82) is 0 Å². The Labute approximate surface area is 187 Å². The molecule has 0 unspecified atom stereocenters. The van der Waals surface area contributed by atoms with Crippen molar-refractivity contribution in [1.82, 2.24) is 0 Å². The molecule has 0 radical (unpaired) electrons. The van der Waals surface area contributed by atoms with Gasteiger partial charge in [-0.05, 0) is 68.4 Å². The maximum absolute atomic E-state index is 12.5. The number of hydrogen-bond donors (Lipinski definition) is 2. The van der Waals surface area contributed by atoms with Crippen LogP contribution < -0.4 is 20.5 Å². The van der Waals surface area contributed by atoms with Gasteiger partial charge in [0.1, 0.15) is 5.00 Å². The van der Waals surface area contributed by atoms with Crippen LogP contribution in [0.4, 0.5) is 5.00 Å². The van der Waals surface area contributed by atoms with E-state index in [1.807, 2.05) is 25.1 Å². The van der Waals surface area contributed by atoms with Gasteiger partial charge in [0.2, 0.25) is 5.91 Å². The molecule has 1 heterocycles. The van der Waals surface area contributed by atoms with E-state index in [0.717, 1.165) is 54.5 Å². The number of nitrogens with one attached hydrogen (secondary N) is 1. The number of thiophene rings is 1. The maximum Gasteiger partial charge on any atom is 0.251 e. The largest absolute Gasteiger partial charge is 0.490 e. The minimum Gasteiger partial charge on any atom is -0.490 e. The van der Waals surface area contributed by atoms with Crippen LogP contribution in [0, 0.1) is 0 Å². The molecule has 0 bridgehead atoms. The van der Waals surface area contributed by atoms with Crippen LogP contribution in [0.2, 0.25) is 0 Å². The van der Waals surface area contributed by atoms with E-state index in [2.05, 4.69) is 12.2 Å². The van der Waals surface area contributed by atoms with Gasteiger partial charge in [0.05, 0.1) is 18.8 Å². The summed E-state index contributed by atoms with van der Waals surface area (Å²) >= 11 is 1.46. The average Bonchev–Trinajstić information content (AvgIpc) is 3.12. The normalized spacial score (nSPS) is 13.1. The lowest BCUT2D eigenvalue weighted by Gasteiger charge is -2.12. The summed E-state index contributed by atoms with van der Waals surface area (Å²) in [5.41, 5.74) is 7.89. The zero-order valence-electron chi connectivity index (χ0n) is 18.2. The van der Waals surface area contributed by atoms with E-state index in [1.165, 1.54) is 17.4 Å². The summed E-state index contributed by atoms with van der Waals surface area (Å²) in [7, 11) is 0. The summed E-state index contributed by atoms with van der Waals surface area (Å²) in [5.74, 6) is 0.566. The molecule has 1 aromatic heterocycles.